The smallest absolute Gasteiger partial charge is 0.251 e. The molecular formula is C29H32N4O2S. The first-order valence-corrected chi connectivity index (χ1v) is 13.3. The molecule has 0 spiro atoms. The van der Waals surface area contributed by atoms with Gasteiger partial charge in [0.2, 0.25) is 0 Å². The van der Waals surface area contributed by atoms with Gasteiger partial charge < -0.3 is 16.2 Å². The molecule has 0 radical (unpaired) electrons. The summed E-state index contributed by atoms with van der Waals surface area (Å²) in [6.07, 6.45) is 2.46. The fraction of sp³-hybridized carbons (Fsp3) is 0.310. The highest BCUT2D eigenvalue weighted by atomic mass is 32.1. The summed E-state index contributed by atoms with van der Waals surface area (Å²) < 4.78 is 0.956. The maximum absolute atomic E-state index is 12.8. The normalized spacial score (nSPS) is 16.6. The third-order valence-corrected chi connectivity index (χ3v) is 7.98. The summed E-state index contributed by atoms with van der Waals surface area (Å²) >= 11 is 1.42. The van der Waals surface area contributed by atoms with Gasteiger partial charge in [-0.3, -0.25) is 9.69 Å². The van der Waals surface area contributed by atoms with E-state index in [4.69, 9.17) is 5.73 Å². The number of piperidine rings is 1. The second-order valence-electron chi connectivity index (χ2n) is 9.54. The zero-order chi connectivity index (χ0) is 24.9. The van der Waals surface area contributed by atoms with Crippen molar-refractivity contribution in [3.05, 3.63) is 95.6 Å². The summed E-state index contributed by atoms with van der Waals surface area (Å²) in [5, 5.41) is 15.1. The number of fused-ring (bicyclic) bond motifs is 1. The summed E-state index contributed by atoms with van der Waals surface area (Å²) in [5.41, 5.74) is 9.53. The van der Waals surface area contributed by atoms with Crippen LogP contribution in [0.3, 0.4) is 0 Å². The fourth-order valence-corrected chi connectivity index (χ4v) is 5.91. The molecule has 186 valence electrons. The summed E-state index contributed by atoms with van der Waals surface area (Å²) in [6.45, 7) is 2.13. The number of thiazole rings is 1. The number of hydrogen-bond donors (Lipinski definition) is 3. The van der Waals surface area contributed by atoms with Gasteiger partial charge in [-0.2, -0.15) is 0 Å². The van der Waals surface area contributed by atoms with Crippen LogP contribution in [0, 0.1) is 5.92 Å². The van der Waals surface area contributed by atoms with E-state index in [1.165, 1.54) is 16.9 Å². The van der Waals surface area contributed by atoms with E-state index in [9.17, 15) is 9.90 Å². The number of hydrogen-bond acceptors (Lipinski definition) is 6. The van der Waals surface area contributed by atoms with Gasteiger partial charge in [0.25, 0.3) is 5.91 Å². The Balaban J connectivity index is 1.31. The Hall–Kier alpha value is -3.26. The molecule has 1 amide bonds. The van der Waals surface area contributed by atoms with Crippen LogP contribution in [-0.4, -0.2) is 46.6 Å². The minimum atomic E-state index is -0.750. The van der Waals surface area contributed by atoms with Crippen molar-refractivity contribution in [3.8, 4) is 0 Å². The van der Waals surface area contributed by atoms with Gasteiger partial charge in [-0.05, 0) is 73.7 Å². The fourth-order valence-electron chi connectivity index (χ4n) is 5.13. The van der Waals surface area contributed by atoms with Crippen LogP contribution in [0.4, 0.5) is 5.13 Å². The topological polar surface area (TPSA) is 91.5 Å². The number of benzene rings is 3. The van der Waals surface area contributed by atoms with Crippen LogP contribution in [0.2, 0.25) is 0 Å². The van der Waals surface area contributed by atoms with Gasteiger partial charge in [-0.25, -0.2) is 4.98 Å². The number of aromatic nitrogens is 1. The van der Waals surface area contributed by atoms with E-state index in [0.717, 1.165) is 48.1 Å². The van der Waals surface area contributed by atoms with E-state index in [2.05, 4.69) is 45.5 Å². The highest BCUT2D eigenvalue weighted by Crippen LogP contribution is 2.31. The molecule has 36 heavy (non-hydrogen) atoms. The van der Waals surface area contributed by atoms with E-state index in [1.54, 1.807) is 12.1 Å². The monoisotopic (exact) mass is 500 g/mol. The van der Waals surface area contributed by atoms with Gasteiger partial charge in [0, 0.05) is 12.1 Å². The van der Waals surface area contributed by atoms with Crippen molar-refractivity contribution in [2.45, 2.75) is 31.4 Å². The molecule has 1 aliphatic rings. The van der Waals surface area contributed by atoms with Crippen molar-refractivity contribution < 1.29 is 9.90 Å². The van der Waals surface area contributed by atoms with Gasteiger partial charge in [-0.15, -0.1) is 0 Å². The number of nitrogen functional groups attached to an aromatic ring is 1. The SMILES string of the molecule is Nc1nc2ccc(C(O)C(CNC(=O)c3ccccc3)N3CCC(Cc4ccccc4)CC3)cc2s1. The molecule has 1 aliphatic heterocycles. The first kappa shape index (κ1) is 24.4. The van der Waals surface area contributed by atoms with E-state index in [0.29, 0.717) is 23.2 Å². The molecule has 3 aromatic carbocycles. The molecule has 2 heterocycles. The van der Waals surface area contributed by atoms with Crippen molar-refractivity contribution in [3.63, 3.8) is 0 Å². The number of aliphatic hydroxyl groups excluding tert-OH is 1. The number of anilines is 1. The predicted molar refractivity (Wildman–Crippen MR) is 146 cm³/mol. The number of nitrogens with zero attached hydrogens (tertiary/aromatic N) is 2. The molecule has 1 aromatic heterocycles. The molecule has 1 fully saturated rings. The lowest BCUT2D eigenvalue weighted by Gasteiger charge is -2.40. The first-order valence-electron chi connectivity index (χ1n) is 12.5. The Kier molecular flexibility index (Phi) is 7.60. The predicted octanol–water partition coefficient (Wildman–Crippen LogP) is 4.67. The lowest BCUT2D eigenvalue weighted by Crippen LogP contribution is -2.50. The number of nitrogens with two attached hydrogens (primary N) is 1. The molecule has 2 unspecified atom stereocenters. The third-order valence-electron chi connectivity index (χ3n) is 7.13. The third kappa shape index (κ3) is 5.75. The molecule has 0 bridgehead atoms. The molecule has 2 atom stereocenters. The van der Waals surface area contributed by atoms with E-state index >= 15 is 0 Å². The van der Waals surface area contributed by atoms with Crippen LogP contribution in [0.25, 0.3) is 10.2 Å². The molecule has 4 N–H and O–H groups in total. The average molecular weight is 501 g/mol. The van der Waals surface area contributed by atoms with Gasteiger partial charge in [0.05, 0.1) is 22.4 Å². The lowest BCUT2D eigenvalue weighted by atomic mass is 9.88. The molecule has 1 saturated heterocycles. The second kappa shape index (κ2) is 11.2. The molecule has 7 heteroatoms. The van der Waals surface area contributed by atoms with Crippen LogP contribution >= 0.6 is 11.3 Å². The molecule has 6 nitrogen and oxygen atoms in total. The highest BCUT2D eigenvalue weighted by Gasteiger charge is 2.31. The van der Waals surface area contributed by atoms with Gasteiger partial charge >= 0.3 is 0 Å². The van der Waals surface area contributed by atoms with E-state index < -0.39 is 6.10 Å². The summed E-state index contributed by atoms with van der Waals surface area (Å²) in [5.74, 6) is 0.495. The molecular weight excluding hydrogens is 468 g/mol. The lowest BCUT2D eigenvalue weighted by molar-refractivity contribution is 0.0279. The Morgan fingerprint density at radius 1 is 1.06 bits per heavy atom. The molecule has 4 aromatic rings. The maximum Gasteiger partial charge on any atom is 0.251 e. The number of aliphatic hydroxyl groups is 1. The first-order chi connectivity index (χ1) is 17.6. The van der Waals surface area contributed by atoms with Gasteiger partial charge in [0.1, 0.15) is 0 Å². The van der Waals surface area contributed by atoms with Crippen LogP contribution in [-0.2, 0) is 6.42 Å². The Labute approximate surface area is 215 Å². The van der Waals surface area contributed by atoms with E-state index in [1.807, 2.05) is 36.4 Å². The highest BCUT2D eigenvalue weighted by molar-refractivity contribution is 7.22. The van der Waals surface area contributed by atoms with Crippen LogP contribution < -0.4 is 11.1 Å². The number of amides is 1. The van der Waals surface area contributed by atoms with Crippen molar-refractivity contribution in [1.82, 2.24) is 15.2 Å². The molecule has 0 aliphatic carbocycles. The van der Waals surface area contributed by atoms with Crippen LogP contribution in [0.5, 0.6) is 0 Å². The Bertz CT molecular complexity index is 1290. The van der Waals surface area contributed by atoms with Gasteiger partial charge in [-0.1, -0.05) is 65.9 Å². The zero-order valence-electron chi connectivity index (χ0n) is 20.2. The van der Waals surface area contributed by atoms with Gasteiger partial charge in [0.15, 0.2) is 5.13 Å². The molecule has 0 saturated carbocycles. The summed E-state index contributed by atoms with van der Waals surface area (Å²) in [7, 11) is 0. The number of rotatable bonds is 8. The van der Waals surface area contributed by atoms with Crippen molar-refractivity contribution >= 4 is 32.6 Å². The minimum Gasteiger partial charge on any atom is -0.387 e. The summed E-state index contributed by atoms with van der Waals surface area (Å²) in [6, 6.07) is 25.4. The zero-order valence-corrected chi connectivity index (χ0v) is 21.0. The van der Waals surface area contributed by atoms with Crippen molar-refractivity contribution in [2.24, 2.45) is 5.92 Å². The number of nitrogens with one attached hydrogen (secondary N) is 1. The quantitative estimate of drug-likeness (QED) is 0.327. The van der Waals surface area contributed by atoms with E-state index in [-0.39, 0.29) is 11.9 Å². The summed E-state index contributed by atoms with van der Waals surface area (Å²) in [4.78, 5) is 19.5. The van der Waals surface area contributed by atoms with Crippen molar-refractivity contribution in [2.75, 3.05) is 25.4 Å². The van der Waals surface area contributed by atoms with Crippen molar-refractivity contribution in [1.29, 1.82) is 0 Å². The molecule has 5 rings (SSSR count). The Morgan fingerprint density at radius 3 is 2.47 bits per heavy atom. The number of likely N-dealkylation sites (tertiary alicyclic amines) is 1. The number of carbonyl (C=O) groups is 1. The second-order valence-corrected chi connectivity index (χ2v) is 10.6. The standard InChI is InChI=1S/C29H32N4O2S/c30-29-32-24-12-11-23(18-26(24)36-29)27(34)25(19-31-28(35)22-9-5-2-6-10-22)33-15-13-21(14-16-33)17-20-7-3-1-4-8-20/h1-12,18,21,25,27,34H,13-17,19H2,(H2,30,32)(H,31,35). The number of carbonyl (C=O) groups excluding carboxylic acids is 1. The van der Waals surface area contributed by atoms with Crippen LogP contribution in [0.15, 0.2) is 78.9 Å². The maximum atomic E-state index is 12.8. The average Bonchev–Trinajstić information content (AvgIpc) is 3.29. The largest absolute Gasteiger partial charge is 0.387 e. The Morgan fingerprint density at radius 2 is 1.75 bits per heavy atom. The minimum absolute atomic E-state index is 0.127. The van der Waals surface area contributed by atoms with Crippen LogP contribution in [0.1, 0.15) is 40.4 Å².